The summed E-state index contributed by atoms with van der Waals surface area (Å²) in [6.07, 6.45) is 5.10. The predicted octanol–water partition coefficient (Wildman–Crippen LogP) is 3.38. The van der Waals surface area contributed by atoms with Crippen LogP contribution in [0.4, 0.5) is 5.69 Å². The Balaban J connectivity index is 1.58. The number of hydrogen-bond acceptors (Lipinski definition) is 4. The Kier molecular flexibility index (Phi) is 5.91. The number of amides is 2. The third-order valence-electron chi connectivity index (χ3n) is 5.12. The van der Waals surface area contributed by atoms with Crippen LogP contribution in [0, 0.1) is 11.8 Å². The van der Waals surface area contributed by atoms with E-state index in [0.29, 0.717) is 41.1 Å². The molecule has 2 amide bonds. The molecule has 6 nitrogen and oxygen atoms in total. The number of nitrogens with one attached hydrogen (secondary N) is 2. The fourth-order valence-electron chi connectivity index (χ4n) is 3.36. The van der Waals surface area contributed by atoms with E-state index >= 15 is 0 Å². The van der Waals surface area contributed by atoms with Crippen molar-refractivity contribution >= 4 is 29.1 Å². The molecule has 142 valence electrons. The number of carbonyl (C=O) groups excluding carboxylic acids is 2. The Bertz CT molecular complexity index is 682. The first-order valence-corrected chi connectivity index (χ1v) is 9.42. The highest BCUT2D eigenvalue weighted by Crippen LogP contribution is 2.37. The number of anilines is 1. The van der Waals surface area contributed by atoms with Crippen LogP contribution >= 0.6 is 11.6 Å². The average Bonchev–Trinajstić information content (AvgIpc) is 3.46. The van der Waals surface area contributed by atoms with Gasteiger partial charge in [-0.05, 0) is 38.5 Å². The first-order valence-electron chi connectivity index (χ1n) is 9.04. The molecule has 0 aromatic heterocycles. The molecule has 26 heavy (non-hydrogen) atoms. The van der Waals surface area contributed by atoms with Crippen LogP contribution in [0.25, 0.3) is 0 Å². The second-order valence-electron chi connectivity index (χ2n) is 7.01. The minimum absolute atomic E-state index is 0.0322. The summed E-state index contributed by atoms with van der Waals surface area (Å²) < 4.78 is 10.5. The van der Waals surface area contributed by atoms with Gasteiger partial charge in [0.25, 0.3) is 0 Å². The van der Waals surface area contributed by atoms with E-state index in [2.05, 4.69) is 10.6 Å². The van der Waals surface area contributed by atoms with E-state index in [1.54, 1.807) is 12.1 Å². The van der Waals surface area contributed by atoms with Gasteiger partial charge in [0.1, 0.15) is 11.5 Å². The SMILES string of the molecule is COc1cc(NC(=O)C2CCC(C(=O)NC3CC3)CC2)c(OC)cc1Cl. The van der Waals surface area contributed by atoms with E-state index in [1.807, 2.05) is 0 Å². The highest BCUT2D eigenvalue weighted by molar-refractivity contribution is 6.32. The summed E-state index contributed by atoms with van der Waals surface area (Å²) in [6.45, 7) is 0. The van der Waals surface area contributed by atoms with Crippen LogP contribution in [0.2, 0.25) is 5.02 Å². The smallest absolute Gasteiger partial charge is 0.227 e. The third kappa shape index (κ3) is 4.41. The van der Waals surface area contributed by atoms with Crippen molar-refractivity contribution in [3.63, 3.8) is 0 Å². The lowest BCUT2D eigenvalue weighted by molar-refractivity contribution is -0.128. The van der Waals surface area contributed by atoms with Crippen LogP contribution in [-0.4, -0.2) is 32.1 Å². The average molecular weight is 381 g/mol. The Labute approximate surface area is 158 Å². The molecule has 0 spiro atoms. The van der Waals surface area contributed by atoms with Crippen molar-refractivity contribution < 1.29 is 19.1 Å². The topological polar surface area (TPSA) is 76.7 Å². The number of halogens is 1. The summed E-state index contributed by atoms with van der Waals surface area (Å²) in [6, 6.07) is 3.67. The monoisotopic (exact) mass is 380 g/mol. The van der Waals surface area contributed by atoms with Crippen molar-refractivity contribution in [2.24, 2.45) is 11.8 Å². The summed E-state index contributed by atoms with van der Waals surface area (Å²) >= 11 is 6.10. The maximum absolute atomic E-state index is 12.6. The third-order valence-corrected chi connectivity index (χ3v) is 5.42. The van der Waals surface area contributed by atoms with Crippen LogP contribution in [0.1, 0.15) is 38.5 Å². The van der Waals surface area contributed by atoms with Gasteiger partial charge in [-0.15, -0.1) is 0 Å². The van der Waals surface area contributed by atoms with Gasteiger partial charge in [0.15, 0.2) is 0 Å². The van der Waals surface area contributed by atoms with Crippen LogP contribution in [-0.2, 0) is 9.59 Å². The van der Waals surface area contributed by atoms with Crippen molar-refractivity contribution in [3.05, 3.63) is 17.2 Å². The molecule has 0 bridgehead atoms. The van der Waals surface area contributed by atoms with Crippen molar-refractivity contribution in [2.45, 2.75) is 44.6 Å². The number of rotatable bonds is 6. The Morgan fingerprint density at radius 2 is 1.50 bits per heavy atom. The highest BCUT2D eigenvalue weighted by atomic mass is 35.5. The zero-order chi connectivity index (χ0) is 18.7. The molecule has 2 saturated carbocycles. The van der Waals surface area contributed by atoms with Gasteiger partial charge in [-0.3, -0.25) is 9.59 Å². The molecule has 2 N–H and O–H groups in total. The minimum Gasteiger partial charge on any atom is -0.495 e. The number of methoxy groups -OCH3 is 2. The van der Waals surface area contributed by atoms with E-state index in [9.17, 15) is 9.59 Å². The van der Waals surface area contributed by atoms with Gasteiger partial charge >= 0.3 is 0 Å². The summed E-state index contributed by atoms with van der Waals surface area (Å²) in [5.41, 5.74) is 0.535. The molecule has 2 aliphatic carbocycles. The Morgan fingerprint density at radius 1 is 0.923 bits per heavy atom. The van der Waals surface area contributed by atoms with Crippen molar-refractivity contribution in [1.29, 1.82) is 0 Å². The van der Waals surface area contributed by atoms with Gasteiger partial charge in [-0.25, -0.2) is 0 Å². The summed E-state index contributed by atoms with van der Waals surface area (Å²) in [4.78, 5) is 24.8. The predicted molar refractivity (Wildman–Crippen MR) is 99.8 cm³/mol. The van der Waals surface area contributed by atoms with Crippen LogP contribution in [0.5, 0.6) is 11.5 Å². The summed E-state index contributed by atoms with van der Waals surface area (Å²) in [7, 11) is 3.05. The standard InChI is InChI=1S/C19H25ClN2O4/c1-25-16-10-15(17(26-2)9-14(16)20)22-19(24)12-5-3-11(4-6-12)18(23)21-13-7-8-13/h9-13H,3-8H2,1-2H3,(H,21,23)(H,22,24). The number of benzene rings is 1. The first-order chi connectivity index (χ1) is 12.5. The lowest BCUT2D eigenvalue weighted by atomic mass is 9.81. The van der Waals surface area contributed by atoms with Gasteiger partial charge in [-0.2, -0.15) is 0 Å². The number of carbonyl (C=O) groups is 2. The number of ether oxygens (including phenoxy) is 2. The van der Waals surface area contributed by atoms with Crippen molar-refractivity contribution in [3.8, 4) is 11.5 Å². The zero-order valence-corrected chi connectivity index (χ0v) is 15.9. The fraction of sp³-hybridized carbons (Fsp3) is 0.579. The molecular formula is C19H25ClN2O4. The molecule has 0 heterocycles. The fourth-order valence-corrected chi connectivity index (χ4v) is 3.59. The molecule has 0 aliphatic heterocycles. The van der Waals surface area contributed by atoms with E-state index < -0.39 is 0 Å². The van der Waals surface area contributed by atoms with E-state index in [-0.39, 0.29) is 23.7 Å². The second kappa shape index (κ2) is 8.16. The maximum atomic E-state index is 12.6. The summed E-state index contributed by atoms with van der Waals surface area (Å²) in [5, 5.41) is 6.40. The van der Waals surface area contributed by atoms with Gasteiger partial charge < -0.3 is 20.1 Å². The quantitative estimate of drug-likeness (QED) is 0.793. The largest absolute Gasteiger partial charge is 0.495 e. The molecule has 0 unspecified atom stereocenters. The normalized spacial score (nSPS) is 22.4. The molecule has 7 heteroatoms. The molecule has 2 aliphatic rings. The molecule has 1 aromatic carbocycles. The van der Waals surface area contributed by atoms with E-state index in [1.165, 1.54) is 14.2 Å². The highest BCUT2D eigenvalue weighted by Gasteiger charge is 2.32. The summed E-state index contributed by atoms with van der Waals surface area (Å²) in [5.74, 6) is 0.977. The first kappa shape index (κ1) is 18.8. The molecule has 2 fully saturated rings. The van der Waals surface area contributed by atoms with Gasteiger partial charge in [0, 0.05) is 30.0 Å². The number of hydrogen-bond donors (Lipinski definition) is 2. The lowest BCUT2D eigenvalue weighted by Crippen LogP contribution is -2.36. The second-order valence-corrected chi connectivity index (χ2v) is 7.41. The van der Waals surface area contributed by atoms with Gasteiger partial charge in [-0.1, -0.05) is 11.6 Å². The van der Waals surface area contributed by atoms with E-state index in [4.69, 9.17) is 21.1 Å². The molecule has 1 aromatic rings. The lowest BCUT2D eigenvalue weighted by Gasteiger charge is -2.27. The molecule has 0 radical (unpaired) electrons. The van der Waals surface area contributed by atoms with Crippen LogP contribution in [0.15, 0.2) is 12.1 Å². The van der Waals surface area contributed by atoms with Crippen LogP contribution < -0.4 is 20.1 Å². The zero-order valence-electron chi connectivity index (χ0n) is 15.1. The van der Waals surface area contributed by atoms with Crippen LogP contribution in [0.3, 0.4) is 0 Å². The van der Waals surface area contributed by atoms with E-state index in [0.717, 1.165) is 25.7 Å². The molecule has 0 saturated heterocycles. The maximum Gasteiger partial charge on any atom is 0.227 e. The Morgan fingerprint density at radius 3 is 2.04 bits per heavy atom. The molecule has 0 atom stereocenters. The van der Waals surface area contributed by atoms with Gasteiger partial charge in [0.05, 0.1) is 24.9 Å². The van der Waals surface area contributed by atoms with Crippen molar-refractivity contribution in [2.75, 3.05) is 19.5 Å². The molecular weight excluding hydrogens is 356 g/mol. The van der Waals surface area contributed by atoms with Gasteiger partial charge in [0.2, 0.25) is 11.8 Å². The minimum atomic E-state index is -0.105. The Hall–Kier alpha value is -1.95. The molecule has 3 rings (SSSR count). The van der Waals surface area contributed by atoms with Crippen molar-refractivity contribution in [1.82, 2.24) is 5.32 Å².